The van der Waals surface area contributed by atoms with Crippen molar-refractivity contribution in [3.05, 3.63) is 24.0 Å². The van der Waals surface area contributed by atoms with Crippen LogP contribution in [0.15, 0.2) is 18.5 Å². The van der Waals surface area contributed by atoms with Crippen molar-refractivity contribution in [2.75, 3.05) is 20.2 Å². The van der Waals surface area contributed by atoms with Crippen molar-refractivity contribution in [1.29, 1.82) is 0 Å². The van der Waals surface area contributed by atoms with E-state index in [1.54, 1.807) is 25.6 Å². The van der Waals surface area contributed by atoms with Crippen LogP contribution in [-0.4, -0.2) is 42.0 Å². The molecule has 1 saturated heterocycles. The molecule has 1 aromatic heterocycles. The van der Waals surface area contributed by atoms with E-state index in [0.717, 1.165) is 32.2 Å². The second-order valence-electron chi connectivity index (χ2n) is 4.81. The number of carbonyl (C=O) groups excluding carboxylic acids is 1. The summed E-state index contributed by atoms with van der Waals surface area (Å²) >= 11 is 0. The number of likely N-dealkylation sites (tertiary alicyclic amines) is 1. The lowest BCUT2D eigenvalue weighted by atomic mass is 10.1. The smallest absolute Gasteiger partial charge is 0.258 e. The van der Waals surface area contributed by atoms with Crippen LogP contribution in [0, 0.1) is 0 Å². The molecule has 1 aromatic rings. The van der Waals surface area contributed by atoms with Gasteiger partial charge in [0.1, 0.15) is 5.75 Å². The standard InChI is InChI=1S/C14H21N3O2/c1-19-13-10-16-7-6-12(13)14(18)17-8-4-2-3-5-11(17)9-15/h6-7,10-11H,2-5,8-9,15H2,1H3. The minimum atomic E-state index is -0.00315. The first-order valence-electron chi connectivity index (χ1n) is 6.77. The van der Waals surface area contributed by atoms with Gasteiger partial charge in [-0.25, -0.2) is 0 Å². The molecule has 1 fully saturated rings. The van der Waals surface area contributed by atoms with Gasteiger partial charge < -0.3 is 15.4 Å². The van der Waals surface area contributed by atoms with Crippen LogP contribution >= 0.6 is 0 Å². The van der Waals surface area contributed by atoms with Crippen molar-refractivity contribution >= 4 is 5.91 Å². The molecule has 1 aliphatic rings. The zero-order valence-electron chi connectivity index (χ0n) is 11.3. The minimum Gasteiger partial charge on any atom is -0.494 e. The van der Waals surface area contributed by atoms with Gasteiger partial charge in [0.25, 0.3) is 5.91 Å². The number of hydrogen-bond donors (Lipinski definition) is 1. The summed E-state index contributed by atoms with van der Waals surface area (Å²) in [5, 5.41) is 0. The van der Waals surface area contributed by atoms with Gasteiger partial charge in [0, 0.05) is 25.3 Å². The zero-order chi connectivity index (χ0) is 13.7. The lowest BCUT2D eigenvalue weighted by Gasteiger charge is -2.29. The summed E-state index contributed by atoms with van der Waals surface area (Å²) in [5.41, 5.74) is 6.38. The van der Waals surface area contributed by atoms with E-state index in [0.29, 0.717) is 17.9 Å². The molecule has 1 aliphatic heterocycles. The van der Waals surface area contributed by atoms with Gasteiger partial charge in [0.15, 0.2) is 0 Å². The van der Waals surface area contributed by atoms with Crippen molar-refractivity contribution in [2.45, 2.75) is 31.7 Å². The minimum absolute atomic E-state index is 0.00315. The van der Waals surface area contributed by atoms with Gasteiger partial charge in [0.2, 0.25) is 0 Å². The number of amides is 1. The third-order valence-electron chi connectivity index (χ3n) is 3.64. The normalized spacial score (nSPS) is 19.9. The Morgan fingerprint density at radius 2 is 2.37 bits per heavy atom. The molecule has 0 bridgehead atoms. The van der Waals surface area contributed by atoms with E-state index in [2.05, 4.69) is 4.98 Å². The van der Waals surface area contributed by atoms with E-state index in [4.69, 9.17) is 10.5 Å². The summed E-state index contributed by atoms with van der Waals surface area (Å²) in [4.78, 5) is 18.5. The molecule has 0 radical (unpaired) electrons. The lowest BCUT2D eigenvalue weighted by molar-refractivity contribution is 0.0685. The fourth-order valence-electron chi connectivity index (χ4n) is 2.56. The summed E-state index contributed by atoms with van der Waals surface area (Å²) in [6.45, 7) is 1.28. The molecule has 0 aliphatic carbocycles. The molecule has 0 spiro atoms. The quantitative estimate of drug-likeness (QED) is 0.895. The fourth-order valence-corrected chi connectivity index (χ4v) is 2.56. The van der Waals surface area contributed by atoms with Crippen molar-refractivity contribution in [3.8, 4) is 5.75 Å². The second kappa shape index (κ2) is 6.52. The first-order valence-corrected chi connectivity index (χ1v) is 6.77. The largest absolute Gasteiger partial charge is 0.494 e. The number of aromatic nitrogens is 1. The van der Waals surface area contributed by atoms with Gasteiger partial charge in [-0.1, -0.05) is 12.8 Å². The number of methoxy groups -OCH3 is 1. The SMILES string of the molecule is COc1cnccc1C(=O)N1CCCCCC1CN. The Bertz CT molecular complexity index is 436. The van der Waals surface area contributed by atoms with Gasteiger partial charge >= 0.3 is 0 Å². The average molecular weight is 263 g/mol. The van der Waals surface area contributed by atoms with Crippen LogP contribution < -0.4 is 10.5 Å². The molecule has 19 heavy (non-hydrogen) atoms. The van der Waals surface area contributed by atoms with Gasteiger partial charge in [-0.2, -0.15) is 0 Å². The molecule has 1 amide bonds. The molecule has 2 heterocycles. The first-order chi connectivity index (χ1) is 9.27. The number of rotatable bonds is 3. The van der Waals surface area contributed by atoms with Gasteiger partial charge in [-0.05, 0) is 18.9 Å². The summed E-state index contributed by atoms with van der Waals surface area (Å²) < 4.78 is 5.22. The van der Waals surface area contributed by atoms with E-state index in [1.165, 1.54) is 0 Å². The first kappa shape index (κ1) is 13.8. The highest BCUT2D eigenvalue weighted by Gasteiger charge is 2.26. The highest BCUT2D eigenvalue weighted by molar-refractivity contribution is 5.97. The van der Waals surface area contributed by atoms with Gasteiger partial charge in [-0.3, -0.25) is 9.78 Å². The maximum Gasteiger partial charge on any atom is 0.258 e. The predicted octanol–water partition coefficient (Wildman–Crippen LogP) is 1.43. The molecule has 5 nitrogen and oxygen atoms in total. The van der Waals surface area contributed by atoms with E-state index in [-0.39, 0.29) is 11.9 Å². The number of carbonyl (C=O) groups is 1. The number of nitrogens with two attached hydrogens (primary N) is 1. The highest BCUT2D eigenvalue weighted by Crippen LogP contribution is 2.23. The molecule has 0 aromatic carbocycles. The Hall–Kier alpha value is -1.62. The monoisotopic (exact) mass is 263 g/mol. The molecule has 1 unspecified atom stereocenters. The van der Waals surface area contributed by atoms with Crippen molar-refractivity contribution in [1.82, 2.24) is 9.88 Å². The topological polar surface area (TPSA) is 68.5 Å². The Kier molecular flexibility index (Phi) is 4.74. The van der Waals surface area contributed by atoms with Crippen molar-refractivity contribution in [3.63, 3.8) is 0 Å². The van der Waals surface area contributed by atoms with E-state index < -0.39 is 0 Å². The van der Waals surface area contributed by atoms with E-state index in [1.807, 2.05) is 4.90 Å². The third kappa shape index (κ3) is 3.04. The Morgan fingerprint density at radius 3 is 3.11 bits per heavy atom. The van der Waals surface area contributed by atoms with Crippen LogP contribution in [0.4, 0.5) is 0 Å². The molecule has 2 rings (SSSR count). The molecule has 104 valence electrons. The van der Waals surface area contributed by atoms with Gasteiger partial charge in [-0.15, -0.1) is 0 Å². The number of nitrogens with zero attached hydrogens (tertiary/aromatic N) is 2. The number of hydrogen-bond acceptors (Lipinski definition) is 4. The average Bonchev–Trinajstić information content (AvgIpc) is 2.71. The summed E-state index contributed by atoms with van der Waals surface area (Å²) in [7, 11) is 1.55. The molecule has 5 heteroatoms. The highest BCUT2D eigenvalue weighted by atomic mass is 16.5. The second-order valence-corrected chi connectivity index (χ2v) is 4.81. The maximum absolute atomic E-state index is 12.7. The number of pyridine rings is 1. The Labute approximate surface area is 113 Å². The van der Waals surface area contributed by atoms with Crippen LogP contribution in [0.3, 0.4) is 0 Å². The summed E-state index contributed by atoms with van der Waals surface area (Å²) in [5.74, 6) is 0.518. The van der Waals surface area contributed by atoms with E-state index in [9.17, 15) is 4.79 Å². The molecular formula is C14H21N3O2. The molecular weight excluding hydrogens is 242 g/mol. The Morgan fingerprint density at radius 1 is 1.53 bits per heavy atom. The van der Waals surface area contributed by atoms with Crippen LogP contribution in [0.25, 0.3) is 0 Å². The third-order valence-corrected chi connectivity index (χ3v) is 3.64. The van der Waals surface area contributed by atoms with Crippen LogP contribution in [0.2, 0.25) is 0 Å². The van der Waals surface area contributed by atoms with E-state index >= 15 is 0 Å². The fraction of sp³-hybridized carbons (Fsp3) is 0.571. The van der Waals surface area contributed by atoms with Gasteiger partial charge in [0.05, 0.1) is 18.9 Å². The number of ether oxygens (including phenoxy) is 1. The van der Waals surface area contributed by atoms with Crippen molar-refractivity contribution in [2.24, 2.45) is 5.73 Å². The zero-order valence-corrected chi connectivity index (χ0v) is 11.3. The summed E-state index contributed by atoms with van der Waals surface area (Å²) in [6, 6.07) is 1.84. The predicted molar refractivity (Wildman–Crippen MR) is 73.1 cm³/mol. The Balaban J connectivity index is 2.25. The van der Waals surface area contributed by atoms with Crippen molar-refractivity contribution < 1.29 is 9.53 Å². The summed E-state index contributed by atoms with van der Waals surface area (Å²) in [6.07, 6.45) is 7.51. The molecule has 2 N–H and O–H groups in total. The molecule has 1 atom stereocenters. The van der Waals surface area contributed by atoms with Crippen LogP contribution in [-0.2, 0) is 0 Å². The van der Waals surface area contributed by atoms with Crippen LogP contribution in [0.1, 0.15) is 36.0 Å². The lowest BCUT2D eigenvalue weighted by Crippen LogP contribution is -2.44. The maximum atomic E-state index is 12.7. The van der Waals surface area contributed by atoms with Crippen LogP contribution in [0.5, 0.6) is 5.75 Å². The molecule has 0 saturated carbocycles.